The number of hydrogen-bond acceptors (Lipinski definition) is 2. The van der Waals surface area contributed by atoms with Gasteiger partial charge in [-0.3, -0.25) is 4.99 Å². The first-order valence-electron chi connectivity index (χ1n) is 9.64. The predicted molar refractivity (Wildman–Crippen MR) is 115 cm³/mol. The summed E-state index contributed by atoms with van der Waals surface area (Å²) in [5.74, 6) is 0.295. The molecule has 27 heavy (non-hydrogen) atoms. The fourth-order valence-corrected chi connectivity index (χ4v) is 3.56. The Kier molecular flexibility index (Phi) is 5.23. The SMILES string of the molecule is CCC(C)c1ccc(N=Cc2cc3c(cc2F)N(C)C(C)(C)C=C3C)cc1. The molecule has 0 bridgehead atoms. The zero-order valence-electron chi connectivity index (χ0n) is 17.2. The number of rotatable bonds is 4. The van der Waals surface area contributed by atoms with Gasteiger partial charge in [0.25, 0.3) is 0 Å². The van der Waals surface area contributed by atoms with E-state index in [1.165, 1.54) is 11.1 Å². The van der Waals surface area contributed by atoms with Gasteiger partial charge in [-0.2, -0.15) is 0 Å². The molecule has 2 nitrogen and oxygen atoms in total. The topological polar surface area (TPSA) is 15.6 Å². The first-order valence-corrected chi connectivity index (χ1v) is 9.64. The second kappa shape index (κ2) is 7.30. The van der Waals surface area contributed by atoms with Crippen molar-refractivity contribution in [1.29, 1.82) is 0 Å². The normalized spacial score (nSPS) is 17.0. The van der Waals surface area contributed by atoms with Gasteiger partial charge in [0.05, 0.1) is 11.2 Å². The van der Waals surface area contributed by atoms with Crippen molar-refractivity contribution in [3.63, 3.8) is 0 Å². The first-order chi connectivity index (χ1) is 12.7. The number of nitrogens with zero attached hydrogens (tertiary/aromatic N) is 2. The number of likely N-dealkylation sites (N-methyl/N-ethyl adjacent to an activating group) is 1. The molecule has 142 valence electrons. The Morgan fingerprint density at radius 3 is 2.48 bits per heavy atom. The molecule has 0 aromatic heterocycles. The lowest BCUT2D eigenvalue weighted by atomic mass is 9.88. The minimum absolute atomic E-state index is 0.128. The zero-order valence-corrected chi connectivity index (χ0v) is 17.2. The quantitative estimate of drug-likeness (QED) is 0.550. The highest BCUT2D eigenvalue weighted by atomic mass is 19.1. The van der Waals surface area contributed by atoms with Crippen molar-refractivity contribution in [3.8, 4) is 0 Å². The maximum Gasteiger partial charge on any atom is 0.134 e. The minimum Gasteiger partial charge on any atom is -0.365 e. The van der Waals surface area contributed by atoms with Crippen LogP contribution in [0.5, 0.6) is 0 Å². The van der Waals surface area contributed by atoms with Crippen molar-refractivity contribution in [1.82, 2.24) is 0 Å². The Balaban J connectivity index is 1.91. The van der Waals surface area contributed by atoms with Gasteiger partial charge in [-0.05, 0) is 68.5 Å². The Bertz CT molecular complexity index is 891. The average Bonchev–Trinajstić information content (AvgIpc) is 2.64. The van der Waals surface area contributed by atoms with E-state index in [9.17, 15) is 4.39 Å². The van der Waals surface area contributed by atoms with Gasteiger partial charge in [0.15, 0.2) is 0 Å². The molecule has 1 aliphatic heterocycles. The number of allylic oxidation sites excluding steroid dienone is 1. The number of halogens is 1. The van der Waals surface area contributed by atoms with Crippen LogP contribution >= 0.6 is 0 Å². The highest BCUT2D eigenvalue weighted by molar-refractivity contribution is 5.89. The highest BCUT2D eigenvalue weighted by Gasteiger charge is 2.29. The van der Waals surface area contributed by atoms with Crippen LogP contribution in [0.25, 0.3) is 5.57 Å². The van der Waals surface area contributed by atoms with Crippen molar-refractivity contribution in [2.45, 2.75) is 52.5 Å². The number of fused-ring (bicyclic) bond motifs is 1. The van der Waals surface area contributed by atoms with Gasteiger partial charge in [-0.1, -0.05) is 32.1 Å². The summed E-state index contributed by atoms with van der Waals surface area (Å²) >= 11 is 0. The van der Waals surface area contributed by atoms with E-state index < -0.39 is 0 Å². The Morgan fingerprint density at radius 2 is 1.85 bits per heavy atom. The Morgan fingerprint density at radius 1 is 1.19 bits per heavy atom. The van der Waals surface area contributed by atoms with Gasteiger partial charge in [-0.15, -0.1) is 0 Å². The second-order valence-corrected chi connectivity index (χ2v) is 8.09. The van der Waals surface area contributed by atoms with Crippen LogP contribution in [0.4, 0.5) is 15.8 Å². The summed E-state index contributed by atoms with van der Waals surface area (Å²) in [5, 5.41) is 0. The molecule has 0 amide bonds. The molecule has 0 fully saturated rings. The number of hydrogen-bond donors (Lipinski definition) is 0. The molecular formula is C24H29FN2. The molecule has 0 saturated carbocycles. The van der Waals surface area contributed by atoms with Crippen LogP contribution in [0.2, 0.25) is 0 Å². The van der Waals surface area contributed by atoms with E-state index in [2.05, 4.69) is 62.7 Å². The zero-order chi connectivity index (χ0) is 19.8. The molecule has 1 unspecified atom stereocenters. The van der Waals surface area contributed by atoms with Crippen LogP contribution in [-0.4, -0.2) is 18.8 Å². The molecule has 0 spiro atoms. The standard InChI is InChI=1S/C24H29FN2/c1-7-16(2)18-8-10-20(11-9-18)26-15-19-12-21-17(3)14-24(4,5)27(6)23(21)13-22(19)25/h8-16H,7H2,1-6H3. The average molecular weight is 365 g/mol. The summed E-state index contributed by atoms with van der Waals surface area (Å²) in [6, 6.07) is 11.7. The van der Waals surface area contributed by atoms with E-state index in [4.69, 9.17) is 0 Å². The van der Waals surface area contributed by atoms with Crippen LogP contribution in [0, 0.1) is 5.82 Å². The molecule has 0 saturated heterocycles. The third-order valence-corrected chi connectivity index (χ3v) is 5.76. The number of aliphatic imine (C=N–C) groups is 1. The molecule has 3 heteroatoms. The molecule has 2 aromatic rings. The van der Waals surface area contributed by atoms with Gasteiger partial charge in [0.1, 0.15) is 5.82 Å². The smallest absolute Gasteiger partial charge is 0.134 e. The molecule has 1 atom stereocenters. The molecular weight excluding hydrogens is 335 g/mol. The van der Waals surface area contributed by atoms with Crippen molar-refractivity contribution < 1.29 is 4.39 Å². The first kappa shape index (κ1) is 19.3. The molecule has 3 rings (SSSR count). The lowest BCUT2D eigenvalue weighted by Gasteiger charge is -2.40. The van der Waals surface area contributed by atoms with Crippen LogP contribution in [0.1, 0.15) is 63.6 Å². The van der Waals surface area contributed by atoms with E-state index in [1.54, 1.807) is 12.3 Å². The maximum atomic E-state index is 14.7. The van der Waals surface area contributed by atoms with Gasteiger partial charge in [0, 0.05) is 30.1 Å². The van der Waals surface area contributed by atoms with E-state index in [-0.39, 0.29) is 11.4 Å². The third kappa shape index (κ3) is 3.83. The fourth-order valence-electron chi connectivity index (χ4n) is 3.56. The number of anilines is 1. The Labute approximate surface area is 162 Å². The van der Waals surface area contributed by atoms with Crippen LogP contribution in [0.15, 0.2) is 47.5 Å². The van der Waals surface area contributed by atoms with E-state index in [0.717, 1.165) is 23.4 Å². The highest BCUT2D eigenvalue weighted by Crippen LogP contribution is 2.38. The van der Waals surface area contributed by atoms with Crippen molar-refractivity contribution in [2.24, 2.45) is 4.99 Å². The number of benzene rings is 2. The van der Waals surface area contributed by atoms with E-state index in [1.807, 2.05) is 25.2 Å². The van der Waals surface area contributed by atoms with Crippen molar-refractivity contribution >= 4 is 23.2 Å². The fraction of sp³-hybridized carbons (Fsp3) is 0.375. The largest absolute Gasteiger partial charge is 0.365 e. The lowest BCUT2D eigenvalue weighted by Crippen LogP contribution is -2.42. The lowest BCUT2D eigenvalue weighted by molar-refractivity contribution is 0.589. The van der Waals surface area contributed by atoms with Gasteiger partial charge in [-0.25, -0.2) is 4.39 Å². The van der Waals surface area contributed by atoms with E-state index >= 15 is 0 Å². The second-order valence-electron chi connectivity index (χ2n) is 8.09. The summed E-state index contributed by atoms with van der Waals surface area (Å²) in [4.78, 5) is 6.61. The Hall–Kier alpha value is -2.42. The third-order valence-electron chi connectivity index (χ3n) is 5.76. The predicted octanol–water partition coefficient (Wildman–Crippen LogP) is 6.72. The van der Waals surface area contributed by atoms with Crippen molar-refractivity contribution in [3.05, 3.63) is 65.0 Å². The van der Waals surface area contributed by atoms with Crippen LogP contribution in [0.3, 0.4) is 0 Å². The summed E-state index contributed by atoms with van der Waals surface area (Å²) < 4.78 is 14.7. The van der Waals surface area contributed by atoms with Gasteiger partial charge < -0.3 is 4.90 Å². The summed E-state index contributed by atoms with van der Waals surface area (Å²) in [6.07, 6.45) is 4.96. The van der Waals surface area contributed by atoms with Gasteiger partial charge in [0.2, 0.25) is 0 Å². The summed E-state index contributed by atoms with van der Waals surface area (Å²) in [7, 11) is 2.01. The van der Waals surface area contributed by atoms with Crippen LogP contribution < -0.4 is 4.90 Å². The molecule has 0 radical (unpaired) electrons. The molecule has 0 aliphatic carbocycles. The summed E-state index contributed by atoms with van der Waals surface area (Å²) in [5.41, 5.74) is 5.68. The minimum atomic E-state index is -0.244. The maximum absolute atomic E-state index is 14.7. The molecule has 1 heterocycles. The van der Waals surface area contributed by atoms with E-state index in [0.29, 0.717) is 11.5 Å². The molecule has 2 aromatic carbocycles. The van der Waals surface area contributed by atoms with Crippen LogP contribution in [-0.2, 0) is 0 Å². The molecule has 0 N–H and O–H groups in total. The monoisotopic (exact) mass is 364 g/mol. The summed E-state index contributed by atoms with van der Waals surface area (Å²) in [6.45, 7) is 10.8. The molecule has 1 aliphatic rings. The van der Waals surface area contributed by atoms with Gasteiger partial charge >= 0.3 is 0 Å². The van der Waals surface area contributed by atoms with Crippen molar-refractivity contribution in [2.75, 3.05) is 11.9 Å².